The zero-order valence-electron chi connectivity index (χ0n) is 24.2. The predicted molar refractivity (Wildman–Crippen MR) is 164 cm³/mol. The number of hydrogen-bond donors (Lipinski definition) is 1. The summed E-state index contributed by atoms with van der Waals surface area (Å²) in [5, 5.41) is 3.93. The number of rotatable bonds is 10. The van der Waals surface area contributed by atoms with Gasteiger partial charge in [0.1, 0.15) is 6.04 Å². The van der Waals surface area contributed by atoms with Gasteiger partial charge >= 0.3 is 0 Å². The van der Waals surface area contributed by atoms with E-state index < -0.39 is 6.04 Å². The SMILES string of the molecule is CC(C)(C)c1ccc(CCC(=O)N(Cc2cccc(Cl)c2)[C@@H](Cc2ccccc2)C(=O)NC2CCCCC2)cc1. The number of amides is 2. The Morgan fingerprint density at radius 3 is 2.20 bits per heavy atom. The molecule has 3 aromatic carbocycles. The summed E-state index contributed by atoms with van der Waals surface area (Å²) >= 11 is 6.31. The van der Waals surface area contributed by atoms with E-state index in [1.54, 1.807) is 4.90 Å². The predicted octanol–water partition coefficient (Wildman–Crippen LogP) is 7.66. The second-order valence-electron chi connectivity index (χ2n) is 12.1. The lowest BCUT2D eigenvalue weighted by Gasteiger charge is -2.33. The summed E-state index contributed by atoms with van der Waals surface area (Å²) in [6.07, 6.45) is 6.89. The molecule has 40 heavy (non-hydrogen) atoms. The molecule has 0 radical (unpaired) electrons. The number of benzene rings is 3. The summed E-state index contributed by atoms with van der Waals surface area (Å²) in [5.74, 6) is -0.0970. The van der Waals surface area contributed by atoms with E-state index in [0.717, 1.165) is 42.4 Å². The summed E-state index contributed by atoms with van der Waals surface area (Å²) < 4.78 is 0. The molecule has 0 unspecified atom stereocenters. The molecule has 1 atom stereocenters. The van der Waals surface area contributed by atoms with Gasteiger partial charge in [0.2, 0.25) is 11.8 Å². The van der Waals surface area contributed by atoms with Crippen LogP contribution in [0.15, 0.2) is 78.9 Å². The molecule has 4 nitrogen and oxygen atoms in total. The maximum absolute atomic E-state index is 14.0. The molecule has 212 valence electrons. The number of carbonyl (C=O) groups is 2. The van der Waals surface area contributed by atoms with Crippen LogP contribution in [0.2, 0.25) is 5.02 Å². The topological polar surface area (TPSA) is 49.4 Å². The highest BCUT2D eigenvalue weighted by Crippen LogP contribution is 2.24. The minimum Gasteiger partial charge on any atom is -0.352 e. The van der Waals surface area contributed by atoms with Crippen LogP contribution < -0.4 is 5.32 Å². The summed E-state index contributed by atoms with van der Waals surface area (Å²) in [5.41, 5.74) is 4.42. The highest BCUT2D eigenvalue weighted by atomic mass is 35.5. The van der Waals surface area contributed by atoms with Crippen LogP contribution in [0.5, 0.6) is 0 Å². The van der Waals surface area contributed by atoms with Crippen molar-refractivity contribution in [2.45, 2.75) is 96.2 Å². The first-order chi connectivity index (χ1) is 19.2. The smallest absolute Gasteiger partial charge is 0.243 e. The standard InChI is InChI=1S/C35H43ClN2O2/c1-35(2,3)29-20-17-26(18-21-29)19-22-33(39)38(25-28-13-10-14-30(36)23-28)32(24-27-11-6-4-7-12-27)34(40)37-31-15-8-5-9-16-31/h4,6-7,10-14,17-18,20-21,23,31-32H,5,8-9,15-16,19,22,24-25H2,1-3H3,(H,37,40)/t32-/m0/s1. The molecule has 0 heterocycles. The van der Waals surface area contributed by atoms with Crippen molar-refractivity contribution in [2.24, 2.45) is 0 Å². The van der Waals surface area contributed by atoms with E-state index in [0.29, 0.717) is 30.8 Å². The van der Waals surface area contributed by atoms with E-state index in [2.05, 4.69) is 50.4 Å². The third-order valence-electron chi connectivity index (χ3n) is 7.91. The summed E-state index contributed by atoms with van der Waals surface area (Å²) in [6, 6.07) is 25.7. The second kappa shape index (κ2) is 14.0. The van der Waals surface area contributed by atoms with Crippen LogP contribution in [0.1, 0.15) is 81.5 Å². The quantitative estimate of drug-likeness (QED) is 0.278. The van der Waals surface area contributed by atoms with Gasteiger partial charge in [0, 0.05) is 30.5 Å². The molecule has 1 aliphatic carbocycles. The maximum Gasteiger partial charge on any atom is 0.243 e. The molecule has 0 aromatic heterocycles. The minimum atomic E-state index is -0.612. The van der Waals surface area contributed by atoms with E-state index >= 15 is 0 Å². The highest BCUT2D eigenvalue weighted by Gasteiger charge is 2.31. The molecule has 0 bridgehead atoms. The molecule has 4 rings (SSSR count). The number of halogens is 1. The van der Waals surface area contributed by atoms with E-state index in [9.17, 15) is 9.59 Å². The molecule has 0 spiro atoms. The van der Waals surface area contributed by atoms with Gasteiger partial charge in [0.15, 0.2) is 0 Å². The first-order valence-corrected chi connectivity index (χ1v) is 15.0. The Kier molecular flexibility index (Phi) is 10.4. The van der Waals surface area contributed by atoms with Gasteiger partial charge in [-0.2, -0.15) is 0 Å². The Balaban J connectivity index is 1.59. The van der Waals surface area contributed by atoms with Crippen molar-refractivity contribution >= 4 is 23.4 Å². The molecule has 0 saturated heterocycles. The van der Waals surface area contributed by atoms with E-state index in [1.807, 2.05) is 54.6 Å². The van der Waals surface area contributed by atoms with E-state index in [1.165, 1.54) is 12.0 Å². The van der Waals surface area contributed by atoms with Crippen molar-refractivity contribution in [1.82, 2.24) is 10.2 Å². The average Bonchev–Trinajstić information content (AvgIpc) is 2.94. The monoisotopic (exact) mass is 558 g/mol. The number of hydrogen-bond acceptors (Lipinski definition) is 2. The zero-order valence-corrected chi connectivity index (χ0v) is 24.9. The molecule has 1 saturated carbocycles. The van der Waals surface area contributed by atoms with Crippen LogP contribution in [0, 0.1) is 0 Å². The largest absolute Gasteiger partial charge is 0.352 e. The minimum absolute atomic E-state index is 0.0281. The lowest BCUT2D eigenvalue weighted by atomic mass is 9.86. The summed E-state index contributed by atoms with van der Waals surface area (Å²) in [6.45, 7) is 6.93. The van der Waals surface area contributed by atoms with Crippen molar-refractivity contribution in [2.75, 3.05) is 0 Å². The molecular formula is C35H43ClN2O2. The fraction of sp³-hybridized carbons (Fsp3) is 0.429. The maximum atomic E-state index is 14.0. The van der Waals surface area contributed by atoms with Crippen molar-refractivity contribution in [3.8, 4) is 0 Å². The highest BCUT2D eigenvalue weighted by molar-refractivity contribution is 6.30. The van der Waals surface area contributed by atoms with Crippen LogP contribution in [-0.2, 0) is 34.4 Å². The summed E-state index contributed by atoms with van der Waals surface area (Å²) in [7, 11) is 0. The Morgan fingerprint density at radius 1 is 0.875 bits per heavy atom. The van der Waals surface area contributed by atoms with Gasteiger partial charge in [-0.15, -0.1) is 0 Å². The first kappa shape index (κ1) is 29.9. The lowest BCUT2D eigenvalue weighted by molar-refractivity contribution is -0.141. The van der Waals surface area contributed by atoms with Crippen LogP contribution in [0.4, 0.5) is 0 Å². The summed E-state index contributed by atoms with van der Waals surface area (Å²) in [4.78, 5) is 29.6. The molecule has 2 amide bonds. The Labute approximate surface area is 245 Å². The average molecular weight is 559 g/mol. The molecule has 5 heteroatoms. The van der Waals surface area contributed by atoms with Crippen molar-refractivity contribution in [3.05, 3.63) is 106 Å². The molecule has 3 aromatic rings. The molecule has 1 N–H and O–H groups in total. The normalized spacial score (nSPS) is 14.9. The second-order valence-corrected chi connectivity index (χ2v) is 12.6. The fourth-order valence-electron chi connectivity index (χ4n) is 5.50. The number of aryl methyl sites for hydroxylation is 1. The number of nitrogens with one attached hydrogen (secondary N) is 1. The first-order valence-electron chi connectivity index (χ1n) is 14.7. The van der Waals surface area contributed by atoms with Crippen molar-refractivity contribution < 1.29 is 9.59 Å². The van der Waals surface area contributed by atoms with E-state index in [-0.39, 0.29) is 23.3 Å². The van der Waals surface area contributed by atoms with Gasteiger partial charge in [-0.1, -0.05) is 118 Å². The van der Waals surface area contributed by atoms with Crippen LogP contribution in [0.25, 0.3) is 0 Å². The molecule has 0 aliphatic heterocycles. The van der Waals surface area contributed by atoms with Gasteiger partial charge < -0.3 is 10.2 Å². The van der Waals surface area contributed by atoms with Crippen molar-refractivity contribution in [1.29, 1.82) is 0 Å². The number of carbonyl (C=O) groups excluding carboxylic acids is 2. The Hall–Kier alpha value is -3.11. The third-order valence-corrected chi connectivity index (χ3v) is 8.15. The van der Waals surface area contributed by atoms with Gasteiger partial charge in [-0.05, 0) is 59.1 Å². The zero-order chi connectivity index (χ0) is 28.5. The number of nitrogens with zero attached hydrogens (tertiary/aromatic N) is 1. The van der Waals surface area contributed by atoms with Crippen molar-refractivity contribution in [3.63, 3.8) is 0 Å². The Bertz CT molecular complexity index is 1240. The van der Waals surface area contributed by atoms with Gasteiger partial charge in [0.25, 0.3) is 0 Å². The third kappa shape index (κ3) is 8.69. The molecule has 1 fully saturated rings. The lowest BCUT2D eigenvalue weighted by Crippen LogP contribution is -2.52. The molecule has 1 aliphatic rings. The van der Waals surface area contributed by atoms with Gasteiger partial charge in [-0.25, -0.2) is 0 Å². The van der Waals surface area contributed by atoms with Crippen LogP contribution in [-0.4, -0.2) is 28.8 Å². The fourth-order valence-corrected chi connectivity index (χ4v) is 5.71. The van der Waals surface area contributed by atoms with Gasteiger partial charge in [-0.3, -0.25) is 9.59 Å². The van der Waals surface area contributed by atoms with E-state index in [4.69, 9.17) is 11.6 Å². The van der Waals surface area contributed by atoms with Crippen LogP contribution >= 0.6 is 11.6 Å². The van der Waals surface area contributed by atoms with Gasteiger partial charge in [0.05, 0.1) is 0 Å². The Morgan fingerprint density at radius 2 is 1.55 bits per heavy atom. The molecular weight excluding hydrogens is 516 g/mol. The van der Waals surface area contributed by atoms with Crippen LogP contribution in [0.3, 0.4) is 0 Å².